The van der Waals surface area contributed by atoms with Crippen LogP contribution in [0.4, 0.5) is 0 Å². The Labute approximate surface area is 148 Å². The van der Waals surface area contributed by atoms with Gasteiger partial charge < -0.3 is 4.98 Å². The van der Waals surface area contributed by atoms with E-state index in [0.29, 0.717) is 19.6 Å². The fourth-order valence-corrected chi connectivity index (χ4v) is 6.82. The highest BCUT2D eigenvalue weighted by molar-refractivity contribution is 8.03. The van der Waals surface area contributed by atoms with Crippen LogP contribution in [0.15, 0.2) is 39.1 Å². The van der Waals surface area contributed by atoms with Gasteiger partial charge in [0.1, 0.15) is 5.82 Å². The molecular weight excluding hydrogens is 360 g/mol. The molecule has 1 saturated heterocycles. The summed E-state index contributed by atoms with van der Waals surface area (Å²) in [6.45, 7) is 5.52. The van der Waals surface area contributed by atoms with Gasteiger partial charge in [0.25, 0.3) is 10.0 Å². The number of nitrogens with zero attached hydrogens (tertiary/aromatic N) is 3. The zero-order valence-electron chi connectivity index (χ0n) is 14.3. The molecule has 0 spiro atoms. The first kappa shape index (κ1) is 18.1. The van der Waals surface area contributed by atoms with Gasteiger partial charge in [-0.25, -0.2) is 9.19 Å². The van der Waals surface area contributed by atoms with E-state index >= 15 is 0 Å². The summed E-state index contributed by atoms with van der Waals surface area (Å²) in [7, 11) is -6.66. The average Bonchev–Trinajstić information content (AvgIpc) is 2.95. The third-order valence-corrected chi connectivity index (χ3v) is 8.52. The van der Waals surface area contributed by atoms with Gasteiger partial charge in [-0.3, -0.25) is 4.90 Å². The summed E-state index contributed by atoms with van der Waals surface area (Å²) in [5.41, 5.74) is 1.96. The Bertz CT molecular complexity index is 957. The number of imidazole rings is 1. The maximum absolute atomic E-state index is 12.9. The molecule has 0 aliphatic carbocycles. The lowest BCUT2D eigenvalue weighted by Gasteiger charge is -2.27. The van der Waals surface area contributed by atoms with Gasteiger partial charge in [-0.05, 0) is 26.0 Å². The third kappa shape index (κ3) is 4.47. The van der Waals surface area contributed by atoms with Crippen LogP contribution in [0, 0.1) is 13.8 Å². The monoisotopic (exact) mass is 382 g/mol. The Balaban J connectivity index is 1.72. The molecule has 1 fully saturated rings. The fraction of sp³-hybridized carbons (Fsp3) is 0.438. The van der Waals surface area contributed by atoms with Crippen LogP contribution < -0.4 is 0 Å². The molecule has 25 heavy (non-hydrogen) atoms. The topological polar surface area (TPSA) is 95.5 Å². The van der Waals surface area contributed by atoms with E-state index in [2.05, 4.69) is 18.6 Å². The number of aromatic nitrogens is 2. The Kier molecular flexibility index (Phi) is 4.99. The summed E-state index contributed by atoms with van der Waals surface area (Å²) in [6.07, 6.45) is 1.77. The lowest BCUT2D eigenvalue weighted by atomic mass is 10.2. The SMILES string of the molecule is Cc1ccc(S(=O)(=O)N=S2(=O)CCN(Cc3ncc(C)[nH]3)CC2)cc1. The molecule has 136 valence electrons. The molecular formula is C16H22N4O3S2. The molecule has 0 amide bonds. The maximum atomic E-state index is 12.9. The number of hydrogen-bond donors (Lipinski definition) is 1. The summed E-state index contributed by atoms with van der Waals surface area (Å²) in [6, 6.07) is 6.43. The molecule has 1 aromatic heterocycles. The van der Waals surface area contributed by atoms with Gasteiger partial charge in [0.15, 0.2) is 0 Å². The lowest BCUT2D eigenvalue weighted by Crippen LogP contribution is -2.40. The van der Waals surface area contributed by atoms with Crippen molar-refractivity contribution in [3.63, 3.8) is 0 Å². The van der Waals surface area contributed by atoms with E-state index in [1.54, 1.807) is 18.3 Å². The van der Waals surface area contributed by atoms with Gasteiger partial charge in [0, 0.05) is 36.5 Å². The molecule has 0 radical (unpaired) electrons. The van der Waals surface area contributed by atoms with Gasteiger partial charge in [0.2, 0.25) is 0 Å². The number of benzene rings is 1. The Morgan fingerprint density at radius 3 is 2.40 bits per heavy atom. The number of aromatic amines is 1. The van der Waals surface area contributed by atoms with Crippen LogP contribution in [0.1, 0.15) is 17.1 Å². The number of hydrogen-bond acceptors (Lipinski definition) is 5. The molecule has 1 N–H and O–H groups in total. The van der Waals surface area contributed by atoms with E-state index in [0.717, 1.165) is 17.1 Å². The van der Waals surface area contributed by atoms with Crippen LogP contribution in [-0.4, -0.2) is 52.1 Å². The largest absolute Gasteiger partial charge is 0.345 e. The number of nitrogens with one attached hydrogen (secondary N) is 1. The molecule has 0 saturated carbocycles. The first-order chi connectivity index (χ1) is 11.8. The standard InChI is InChI=1S/C16H22N4O3S2/c1-13-3-5-15(6-4-13)25(22,23)19-24(21)9-7-20(8-10-24)12-16-17-11-14(2)18-16/h3-6,11H,7-10,12H2,1-2H3,(H,17,18). The third-order valence-electron chi connectivity index (χ3n) is 4.13. The van der Waals surface area contributed by atoms with Crippen LogP contribution in [0.25, 0.3) is 0 Å². The maximum Gasteiger partial charge on any atom is 0.290 e. The minimum atomic E-state index is -3.90. The van der Waals surface area contributed by atoms with Gasteiger partial charge in [-0.2, -0.15) is 8.42 Å². The zero-order chi connectivity index (χ0) is 18.1. The van der Waals surface area contributed by atoms with Crippen molar-refractivity contribution >= 4 is 19.8 Å². The van der Waals surface area contributed by atoms with Gasteiger partial charge in [0.05, 0.1) is 21.2 Å². The predicted molar refractivity (Wildman–Crippen MR) is 97.3 cm³/mol. The van der Waals surface area contributed by atoms with Crippen molar-refractivity contribution in [2.75, 3.05) is 24.6 Å². The minimum absolute atomic E-state index is 0.0920. The molecule has 1 aliphatic heterocycles. The second kappa shape index (κ2) is 6.89. The molecule has 7 nitrogen and oxygen atoms in total. The molecule has 0 unspecified atom stereocenters. The molecule has 2 heterocycles. The van der Waals surface area contributed by atoms with E-state index < -0.39 is 19.8 Å². The molecule has 2 aromatic rings. The fourth-order valence-electron chi connectivity index (χ4n) is 2.68. The highest BCUT2D eigenvalue weighted by Gasteiger charge is 2.25. The summed E-state index contributed by atoms with van der Waals surface area (Å²) >= 11 is 0. The predicted octanol–water partition coefficient (Wildman–Crippen LogP) is 1.70. The first-order valence-corrected chi connectivity index (χ1v) is 11.3. The van der Waals surface area contributed by atoms with Crippen molar-refractivity contribution < 1.29 is 12.6 Å². The van der Waals surface area contributed by atoms with E-state index in [4.69, 9.17) is 0 Å². The van der Waals surface area contributed by atoms with E-state index in [1.807, 2.05) is 13.8 Å². The second-order valence-electron chi connectivity index (χ2n) is 6.33. The lowest BCUT2D eigenvalue weighted by molar-refractivity contribution is 0.284. The van der Waals surface area contributed by atoms with Crippen molar-refractivity contribution in [3.05, 3.63) is 47.5 Å². The second-order valence-corrected chi connectivity index (χ2v) is 10.7. The zero-order valence-corrected chi connectivity index (χ0v) is 15.9. The normalized spacial score (nSPS) is 18.2. The Morgan fingerprint density at radius 2 is 1.84 bits per heavy atom. The van der Waals surface area contributed by atoms with Crippen molar-refractivity contribution in [1.29, 1.82) is 0 Å². The van der Waals surface area contributed by atoms with Gasteiger partial charge in [-0.1, -0.05) is 17.7 Å². The van der Waals surface area contributed by atoms with Gasteiger partial charge >= 0.3 is 0 Å². The molecule has 0 atom stereocenters. The van der Waals surface area contributed by atoms with Crippen molar-refractivity contribution in [2.45, 2.75) is 25.3 Å². The van der Waals surface area contributed by atoms with Crippen LogP contribution in [0.2, 0.25) is 0 Å². The molecule has 3 rings (SSSR count). The van der Waals surface area contributed by atoms with Crippen LogP contribution in [-0.2, 0) is 26.3 Å². The first-order valence-electron chi connectivity index (χ1n) is 8.04. The quantitative estimate of drug-likeness (QED) is 0.868. The highest BCUT2D eigenvalue weighted by atomic mass is 32.3. The van der Waals surface area contributed by atoms with E-state index in [-0.39, 0.29) is 16.4 Å². The number of H-pyrrole nitrogens is 1. The van der Waals surface area contributed by atoms with Crippen molar-refractivity contribution in [1.82, 2.24) is 14.9 Å². The summed E-state index contributed by atoms with van der Waals surface area (Å²) in [4.78, 5) is 9.63. The molecule has 1 aromatic carbocycles. The Morgan fingerprint density at radius 1 is 1.20 bits per heavy atom. The number of aryl methyl sites for hydroxylation is 2. The van der Waals surface area contributed by atoms with Crippen LogP contribution in [0.3, 0.4) is 0 Å². The van der Waals surface area contributed by atoms with Gasteiger partial charge in [-0.15, -0.1) is 3.77 Å². The number of rotatable bonds is 4. The van der Waals surface area contributed by atoms with Crippen molar-refractivity contribution in [2.24, 2.45) is 3.77 Å². The minimum Gasteiger partial charge on any atom is -0.345 e. The highest BCUT2D eigenvalue weighted by Crippen LogP contribution is 2.18. The molecule has 1 aliphatic rings. The molecule has 9 heteroatoms. The molecule has 0 bridgehead atoms. The van der Waals surface area contributed by atoms with Crippen molar-refractivity contribution in [3.8, 4) is 0 Å². The summed E-state index contributed by atoms with van der Waals surface area (Å²) in [5.74, 6) is 1.35. The van der Waals surface area contributed by atoms with E-state index in [9.17, 15) is 12.6 Å². The van der Waals surface area contributed by atoms with Crippen LogP contribution >= 0.6 is 0 Å². The summed E-state index contributed by atoms with van der Waals surface area (Å²) in [5, 5.41) is 0. The number of sulfonamides is 1. The summed E-state index contributed by atoms with van der Waals surface area (Å²) < 4.78 is 41.5. The van der Waals surface area contributed by atoms with Crippen LogP contribution in [0.5, 0.6) is 0 Å². The van der Waals surface area contributed by atoms with E-state index in [1.165, 1.54) is 12.1 Å². The Hall–Kier alpha value is -1.71. The average molecular weight is 383 g/mol. The smallest absolute Gasteiger partial charge is 0.290 e.